The molecule has 0 aliphatic heterocycles. The van der Waals surface area contributed by atoms with Crippen molar-refractivity contribution in [3.05, 3.63) is 106 Å². The molecule has 1 heterocycles. The Hall–Kier alpha value is -4.28. The van der Waals surface area contributed by atoms with Crippen molar-refractivity contribution in [3.8, 4) is 11.3 Å². The van der Waals surface area contributed by atoms with E-state index in [0.29, 0.717) is 22.1 Å². The van der Waals surface area contributed by atoms with Gasteiger partial charge in [0.25, 0.3) is 5.69 Å². The normalized spacial score (nSPS) is 11.7. The molecule has 0 aliphatic rings. The summed E-state index contributed by atoms with van der Waals surface area (Å²) in [5, 5.41) is 18.4. The van der Waals surface area contributed by atoms with E-state index >= 15 is 0 Å². The molecule has 0 spiro atoms. The van der Waals surface area contributed by atoms with Crippen LogP contribution in [-0.2, 0) is 9.59 Å². The largest absolute Gasteiger partial charge is 0.322 e. The average Bonchev–Trinajstić information content (AvgIpc) is 3.37. The molecular weight excluding hydrogens is 508 g/mol. The lowest BCUT2D eigenvalue weighted by molar-refractivity contribution is -0.384. The summed E-state index contributed by atoms with van der Waals surface area (Å²) in [5.41, 5.74) is 2.69. The van der Waals surface area contributed by atoms with Gasteiger partial charge in [-0.1, -0.05) is 48.5 Å². The number of rotatable bonds is 9. The average molecular weight is 531 g/mol. The fourth-order valence-corrected chi connectivity index (χ4v) is 4.92. The third-order valence-corrected chi connectivity index (χ3v) is 6.95. The van der Waals surface area contributed by atoms with Crippen molar-refractivity contribution in [3.63, 3.8) is 0 Å². The van der Waals surface area contributed by atoms with E-state index in [1.165, 1.54) is 41.3 Å². The Labute approximate surface area is 221 Å². The Kier molecular flexibility index (Phi) is 8.44. The SMILES string of the molecule is CC(Sc1cccc(NC(=O)/C=C/c2ccccc2)c1)C(=O)Nc1nc(-c2cccc([N+](=O)[O-])c2)cs1. The third kappa shape index (κ3) is 7.35. The van der Waals surface area contributed by atoms with Gasteiger partial charge in [0.2, 0.25) is 11.8 Å². The predicted octanol–water partition coefficient (Wildman–Crippen LogP) is 6.49. The van der Waals surface area contributed by atoms with Crippen LogP contribution in [0.1, 0.15) is 12.5 Å². The Balaban J connectivity index is 1.33. The minimum atomic E-state index is -0.459. The molecule has 4 aromatic rings. The number of nitrogens with one attached hydrogen (secondary N) is 2. The Morgan fingerprint density at radius 2 is 1.81 bits per heavy atom. The second kappa shape index (κ2) is 12.1. The minimum absolute atomic E-state index is 0.0215. The van der Waals surface area contributed by atoms with Crippen molar-refractivity contribution in [2.45, 2.75) is 17.1 Å². The van der Waals surface area contributed by atoms with Crippen LogP contribution in [0.5, 0.6) is 0 Å². The first kappa shape index (κ1) is 25.8. The maximum absolute atomic E-state index is 12.8. The lowest BCUT2D eigenvalue weighted by Crippen LogP contribution is -2.22. The smallest absolute Gasteiger partial charge is 0.270 e. The van der Waals surface area contributed by atoms with Gasteiger partial charge in [-0.25, -0.2) is 4.98 Å². The minimum Gasteiger partial charge on any atom is -0.322 e. The quantitative estimate of drug-likeness (QED) is 0.111. The van der Waals surface area contributed by atoms with E-state index in [1.807, 2.05) is 48.5 Å². The van der Waals surface area contributed by atoms with Crippen LogP contribution >= 0.6 is 23.1 Å². The lowest BCUT2D eigenvalue weighted by Gasteiger charge is -2.11. The molecule has 2 amide bonds. The summed E-state index contributed by atoms with van der Waals surface area (Å²) in [6, 6.07) is 23.0. The number of hydrogen-bond donors (Lipinski definition) is 2. The first-order valence-corrected chi connectivity index (χ1v) is 13.0. The maximum Gasteiger partial charge on any atom is 0.270 e. The zero-order valence-corrected chi connectivity index (χ0v) is 21.3. The van der Waals surface area contributed by atoms with Crippen LogP contribution in [-0.4, -0.2) is 27.0 Å². The predicted molar refractivity (Wildman–Crippen MR) is 149 cm³/mol. The van der Waals surface area contributed by atoms with E-state index in [-0.39, 0.29) is 17.5 Å². The molecule has 0 saturated carbocycles. The summed E-state index contributed by atoms with van der Waals surface area (Å²) >= 11 is 2.60. The van der Waals surface area contributed by atoms with Crippen LogP contribution in [0.2, 0.25) is 0 Å². The van der Waals surface area contributed by atoms with Crippen molar-refractivity contribution >= 4 is 57.5 Å². The molecule has 0 bridgehead atoms. The number of benzene rings is 3. The summed E-state index contributed by atoms with van der Waals surface area (Å²) < 4.78 is 0. The van der Waals surface area contributed by atoms with Gasteiger partial charge in [-0.3, -0.25) is 19.7 Å². The molecular formula is C27H22N4O4S2. The summed E-state index contributed by atoms with van der Waals surface area (Å²) in [5.74, 6) is -0.481. The zero-order valence-electron chi connectivity index (χ0n) is 19.7. The molecule has 4 rings (SSSR count). The first-order valence-electron chi connectivity index (χ1n) is 11.2. The fourth-order valence-electron chi connectivity index (χ4n) is 3.27. The molecule has 1 atom stereocenters. The van der Waals surface area contributed by atoms with Crippen molar-refractivity contribution in [1.29, 1.82) is 0 Å². The Morgan fingerprint density at radius 3 is 2.59 bits per heavy atom. The summed E-state index contributed by atoms with van der Waals surface area (Å²) in [6.07, 6.45) is 3.21. The monoisotopic (exact) mass is 530 g/mol. The highest BCUT2D eigenvalue weighted by Gasteiger charge is 2.17. The number of nitrogens with zero attached hydrogens (tertiary/aromatic N) is 2. The van der Waals surface area contributed by atoms with Crippen molar-refractivity contribution in [1.82, 2.24) is 4.98 Å². The van der Waals surface area contributed by atoms with Crippen LogP contribution in [0.3, 0.4) is 0 Å². The number of aromatic nitrogens is 1. The number of carbonyl (C=O) groups excluding carboxylic acids is 2. The molecule has 1 unspecified atom stereocenters. The highest BCUT2D eigenvalue weighted by atomic mass is 32.2. The van der Waals surface area contributed by atoms with Gasteiger partial charge in [0, 0.05) is 39.7 Å². The number of thiazole rings is 1. The Morgan fingerprint density at radius 1 is 1.03 bits per heavy atom. The van der Waals surface area contributed by atoms with Crippen LogP contribution < -0.4 is 10.6 Å². The molecule has 3 aromatic carbocycles. The van der Waals surface area contributed by atoms with Gasteiger partial charge in [0.1, 0.15) is 0 Å². The summed E-state index contributed by atoms with van der Waals surface area (Å²) in [4.78, 5) is 40.8. The van der Waals surface area contributed by atoms with Crippen LogP contribution in [0.25, 0.3) is 17.3 Å². The molecule has 0 aliphatic carbocycles. The number of thioether (sulfide) groups is 1. The molecule has 8 nitrogen and oxygen atoms in total. The van der Waals surface area contributed by atoms with Gasteiger partial charge in [-0.05, 0) is 36.8 Å². The van der Waals surface area contributed by atoms with Gasteiger partial charge < -0.3 is 10.6 Å². The van der Waals surface area contributed by atoms with Gasteiger partial charge >= 0.3 is 0 Å². The number of amides is 2. The van der Waals surface area contributed by atoms with Crippen molar-refractivity contribution in [2.75, 3.05) is 10.6 Å². The molecule has 37 heavy (non-hydrogen) atoms. The second-order valence-electron chi connectivity index (χ2n) is 7.86. The highest BCUT2D eigenvalue weighted by molar-refractivity contribution is 8.00. The second-order valence-corrected chi connectivity index (χ2v) is 10.1. The topological polar surface area (TPSA) is 114 Å². The van der Waals surface area contributed by atoms with Gasteiger partial charge in [-0.15, -0.1) is 23.1 Å². The number of nitro groups is 1. The number of anilines is 2. The highest BCUT2D eigenvalue weighted by Crippen LogP contribution is 2.29. The van der Waals surface area contributed by atoms with E-state index in [0.717, 1.165) is 10.5 Å². The van der Waals surface area contributed by atoms with Gasteiger partial charge in [-0.2, -0.15) is 0 Å². The van der Waals surface area contributed by atoms with E-state index in [4.69, 9.17) is 0 Å². The number of nitro benzene ring substituents is 1. The molecule has 1 aromatic heterocycles. The van der Waals surface area contributed by atoms with Crippen LogP contribution in [0.4, 0.5) is 16.5 Å². The third-order valence-electron chi connectivity index (χ3n) is 5.10. The van der Waals surface area contributed by atoms with E-state index < -0.39 is 10.2 Å². The van der Waals surface area contributed by atoms with E-state index in [1.54, 1.807) is 36.6 Å². The summed E-state index contributed by atoms with van der Waals surface area (Å²) in [6.45, 7) is 1.78. The van der Waals surface area contributed by atoms with Crippen molar-refractivity contribution in [2.24, 2.45) is 0 Å². The van der Waals surface area contributed by atoms with E-state index in [9.17, 15) is 19.7 Å². The lowest BCUT2D eigenvalue weighted by atomic mass is 10.1. The number of carbonyl (C=O) groups is 2. The molecule has 186 valence electrons. The van der Waals surface area contributed by atoms with Crippen molar-refractivity contribution < 1.29 is 14.5 Å². The van der Waals surface area contributed by atoms with Crippen LogP contribution in [0, 0.1) is 10.1 Å². The van der Waals surface area contributed by atoms with Gasteiger partial charge in [0.05, 0.1) is 15.9 Å². The standard InChI is InChI=1S/C27H22N4O4S2/c1-18(26(33)30-27-29-24(17-36-27)20-9-5-11-22(15-20)31(34)35)37-23-12-6-10-21(16-23)28-25(32)14-13-19-7-3-2-4-8-19/h2-18H,1H3,(H,28,32)(H,29,30,33)/b14-13+. The van der Waals surface area contributed by atoms with E-state index in [2.05, 4.69) is 15.6 Å². The molecule has 10 heteroatoms. The molecule has 0 radical (unpaired) electrons. The van der Waals surface area contributed by atoms with Gasteiger partial charge in [0.15, 0.2) is 5.13 Å². The maximum atomic E-state index is 12.8. The number of non-ortho nitro benzene ring substituents is 1. The first-order chi connectivity index (χ1) is 17.9. The fraction of sp³-hybridized carbons (Fsp3) is 0.0741. The molecule has 0 fully saturated rings. The summed E-state index contributed by atoms with van der Waals surface area (Å²) in [7, 11) is 0. The number of hydrogen-bond acceptors (Lipinski definition) is 7. The van der Waals surface area contributed by atoms with Crippen LogP contribution in [0.15, 0.2) is 95.2 Å². The molecule has 2 N–H and O–H groups in total. The zero-order chi connectivity index (χ0) is 26.2. The molecule has 0 saturated heterocycles. The Bertz CT molecular complexity index is 1450.